The zero-order valence-electron chi connectivity index (χ0n) is 5.48. The Morgan fingerprint density at radius 3 is 2.33 bits per heavy atom. The van der Waals surface area contributed by atoms with E-state index in [-0.39, 0.29) is 0 Å². The topological polar surface area (TPSA) is 23.8 Å². The van der Waals surface area contributed by atoms with Gasteiger partial charge in [-0.05, 0) is 26.0 Å². The second-order valence-corrected chi connectivity index (χ2v) is 2.31. The summed E-state index contributed by atoms with van der Waals surface area (Å²) in [5.74, 6) is 0. The Labute approximate surface area is 60.2 Å². The lowest BCUT2D eigenvalue weighted by Gasteiger charge is -1.80. The first-order chi connectivity index (χ1) is 4.16. The standard InChI is InChI=1S/C7H8ClN/c1-6(5-9)3-4-7(2)8/h3-4H,1-2H3/b6-3+,7-4+. The van der Waals surface area contributed by atoms with Gasteiger partial charge in [-0.15, -0.1) is 0 Å². The molecule has 0 aromatic carbocycles. The van der Waals surface area contributed by atoms with Gasteiger partial charge in [0.2, 0.25) is 0 Å². The molecule has 0 aliphatic carbocycles. The molecule has 0 spiro atoms. The van der Waals surface area contributed by atoms with Crippen molar-refractivity contribution in [2.45, 2.75) is 13.8 Å². The zero-order valence-corrected chi connectivity index (χ0v) is 6.24. The maximum Gasteiger partial charge on any atom is 0.0944 e. The van der Waals surface area contributed by atoms with E-state index in [1.807, 2.05) is 6.07 Å². The highest BCUT2D eigenvalue weighted by Gasteiger charge is 1.79. The van der Waals surface area contributed by atoms with Crippen LogP contribution < -0.4 is 0 Å². The van der Waals surface area contributed by atoms with Crippen LogP contribution in [0.4, 0.5) is 0 Å². The van der Waals surface area contributed by atoms with Crippen molar-refractivity contribution in [1.29, 1.82) is 5.26 Å². The highest BCUT2D eigenvalue weighted by atomic mass is 35.5. The molecule has 0 atom stereocenters. The van der Waals surface area contributed by atoms with Crippen molar-refractivity contribution in [3.63, 3.8) is 0 Å². The molecule has 0 aliphatic rings. The Hall–Kier alpha value is -0.740. The van der Waals surface area contributed by atoms with Crippen LogP contribution in [-0.4, -0.2) is 0 Å². The molecule has 0 saturated carbocycles. The van der Waals surface area contributed by atoms with Crippen molar-refractivity contribution in [2.24, 2.45) is 0 Å². The van der Waals surface area contributed by atoms with Gasteiger partial charge in [0.05, 0.1) is 6.07 Å². The molecule has 0 heterocycles. The number of rotatable bonds is 1. The monoisotopic (exact) mass is 141 g/mol. The Morgan fingerprint density at radius 2 is 2.00 bits per heavy atom. The normalized spacial score (nSPS) is 13.1. The fraction of sp³-hybridized carbons (Fsp3) is 0.286. The second kappa shape index (κ2) is 4.17. The molecule has 0 N–H and O–H groups in total. The zero-order chi connectivity index (χ0) is 7.28. The fourth-order valence-corrected chi connectivity index (χ4v) is 0.340. The molecular formula is C7H8ClN. The van der Waals surface area contributed by atoms with Gasteiger partial charge in [-0.2, -0.15) is 5.26 Å². The molecule has 0 bridgehead atoms. The molecule has 0 fully saturated rings. The van der Waals surface area contributed by atoms with Crippen LogP contribution in [0, 0.1) is 11.3 Å². The van der Waals surface area contributed by atoms with Crippen LogP contribution >= 0.6 is 11.6 Å². The van der Waals surface area contributed by atoms with Crippen molar-refractivity contribution in [3.8, 4) is 6.07 Å². The number of halogens is 1. The van der Waals surface area contributed by atoms with Crippen LogP contribution in [0.15, 0.2) is 22.8 Å². The number of allylic oxidation sites excluding steroid dienone is 4. The number of hydrogen-bond donors (Lipinski definition) is 0. The van der Waals surface area contributed by atoms with E-state index in [2.05, 4.69) is 0 Å². The van der Waals surface area contributed by atoms with E-state index in [0.29, 0.717) is 10.6 Å². The van der Waals surface area contributed by atoms with Crippen LogP contribution in [0.1, 0.15) is 13.8 Å². The van der Waals surface area contributed by atoms with E-state index < -0.39 is 0 Å². The smallest absolute Gasteiger partial charge is 0.0944 e. The average molecular weight is 142 g/mol. The van der Waals surface area contributed by atoms with Crippen molar-refractivity contribution in [3.05, 3.63) is 22.8 Å². The summed E-state index contributed by atoms with van der Waals surface area (Å²) in [5.41, 5.74) is 0.662. The molecular weight excluding hydrogens is 134 g/mol. The quantitative estimate of drug-likeness (QED) is 0.407. The molecule has 0 aromatic heterocycles. The minimum absolute atomic E-state index is 0.662. The van der Waals surface area contributed by atoms with E-state index in [4.69, 9.17) is 16.9 Å². The van der Waals surface area contributed by atoms with Gasteiger partial charge in [-0.1, -0.05) is 11.6 Å². The predicted molar refractivity (Wildman–Crippen MR) is 39.0 cm³/mol. The lowest BCUT2D eigenvalue weighted by atomic mass is 10.3. The van der Waals surface area contributed by atoms with E-state index in [0.717, 1.165) is 0 Å². The number of nitriles is 1. The average Bonchev–Trinajstić information content (AvgIpc) is 1.83. The molecule has 0 saturated heterocycles. The SMILES string of the molecule is C/C(Cl)=C\C=C(/C)C#N. The summed E-state index contributed by atoms with van der Waals surface area (Å²) < 4.78 is 0. The van der Waals surface area contributed by atoms with E-state index in [9.17, 15) is 0 Å². The highest BCUT2D eigenvalue weighted by Crippen LogP contribution is 1.99. The van der Waals surface area contributed by atoms with Crippen molar-refractivity contribution in [2.75, 3.05) is 0 Å². The van der Waals surface area contributed by atoms with Gasteiger partial charge in [0.25, 0.3) is 0 Å². The van der Waals surface area contributed by atoms with Gasteiger partial charge in [0, 0.05) is 10.6 Å². The van der Waals surface area contributed by atoms with Gasteiger partial charge < -0.3 is 0 Å². The highest BCUT2D eigenvalue weighted by molar-refractivity contribution is 6.29. The van der Waals surface area contributed by atoms with Crippen LogP contribution in [-0.2, 0) is 0 Å². The summed E-state index contributed by atoms with van der Waals surface area (Å²) in [7, 11) is 0. The number of nitrogens with zero attached hydrogens (tertiary/aromatic N) is 1. The molecule has 0 amide bonds. The third kappa shape index (κ3) is 5.13. The number of hydrogen-bond acceptors (Lipinski definition) is 1. The van der Waals surface area contributed by atoms with Crippen molar-refractivity contribution in [1.82, 2.24) is 0 Å². The predicted octanol–water partition coefficient (Wildman–Crippen LogP) is 2.60. The van der Waals surface area contributed by atoms with Gasteiger partial charge in [0.1, 0.15) is 0 Å². The Balaban J connectivity index is 4.03. The van der Waals surface area contributed by atoms with Crippen LogP contribution in [0.5, 0.6) is 0 Å². The Morgan fingerprint density at radius 1 is 1.44 bits per heavy atom. The van der Waals surface area contributed by atoms with Crippen molar-refractivity contribution < 1.29 is 0 Å². The lowest BCUT2D eigenvalue weighted by Crippen LogP contribution is -1.64. The fourth-order valence-electron chi connectivity index (χ4n) is 0.277. The summed E-state index contributed by atoms with van der Waals surface area (Å²) in [4.78, 5) is 0. The van der Waals surface area contributed by atoms with Crippen LogP contribution in [0.25, 0.3) is 0 Å². The van der Waals surface area contributed by atoms with E-state index >= 15 is 0 Å². The second-order valence-electron chi connectivity index (χ2n) is 1.71. The Kier molecular flexibility index (Phi) is 3.83. The minimum Gasteiger partial charge on any atom is -0.193 e. The largest absolute Gasteiger partial charge is 0.193 e. The molecule has 0 unspecified atom stereocenters. The summed E-state index contributed by atoms with van der Waals surface area (Å²) in [6, 6.07) is 1.98. The first kappa shape index (κ1) is 8.26. The lowest BCUT2D eigenvalue weighted by molar-refractivity contribution is 1.44. The first-order valence-electron chi connectivity index (χ1n) is 2.57. The van der Waals surface area contributed by atoms with Crippen LogP contribution in [0.2, 0.25) is 0 Å². The van der Waals surface area contributed by atoms with Gasteiger partial charge >= 0.3 is 0 Å². The van der Waals surface area contributed by atoms with Crippen molar-refractivity contribution >= 4 is 11.6 Å². The molecule has 9 heavy (non-hydrogen) atoms. The molecule has 0 aromatic rings. The molecule has 48 valence electrons. The molecule has 0 rings (SSSR count). The van der Waals surface area contributed by atoms with Crippen LogP contribution in [0.3, 0.4) is 0 Å². The summed E-state index contributed by atoms with van der Waals surface area (Å²) in [5, 5.41) is 8.94. The summed E-state index contributed by atoms with van der Waals surface area (Å²) in [6.45, 7) is 3.50. The molecule has 0 radical (unpaired) electrons. The Bertz CT molecular complexity index is 180. The first-order valence-corrected chi connectivity index (χ1v) is 2.95. The molecule has 1 nitrogen and oxygen atoms in total. The van der Waals surface area contributed by atoms with E-state index in [1.165, 1.54) is 0 Å². The van der Waals surface area contributed by atoms with E-state index in [1.54, 1.807) is 26.0 Å². The van der Waals surface area contributed by atoms with Gasteiger partial charge in [-0.3, -0.25) is 0 Å². The summed E-state index contributed by atoms with van der Waals surface area (Å²) >= 11 is 5.49. The molecule has 2 heteroatoms. The minimum atomic E-state index is 0.662. The third-order valence-electron chi connectivity index (χ3n) is 0.739. The molecule has 0 aliphatic heterocycles. The maximum absolute atomic E-state index is 8.26. The van der Waals surface area contributed by atoms with Gasteiger partial charge in [0.15, 0.2) is 0 Å². The van der Waals surface area contributed by atoms with Gasteiger partial charge in [-0.25, -0.2) is 0 Å². The third-order valence-corrected chi connectivity index (χ3v) is 0.865. The maximum atomic E-state index is 8.26. The summed E-state index contributed by atoms with van der Waals surface area (Å²) in [6.07, 6.45) is 3.38.